The fourth-order valence-electron chi connectivity index (χ4n) is 1.73. The van der Waals surface area contributed by atoms with Crippen LogP contribution in [0.5, 0.6) is 0 Å². The van der Waals surface area contributed by atoms with Crippen molar-refractivity contribution in [3.63, 3.8) is 0 Å². The number of carbonyl (C=O) groups excluding carboxylic acids is 1. The second-order valence-electron chi connectivity index (χ2n) is 4.51. The predicted octanol–water partition coefficient (Wildman–Crippen LogP) is 0.834. The average Bonchev–Trinajstić information content (AvgIpc) is 2.38. The molecular formula is C14H22N2O2. The van der Waals surface area contributed by atoms with Gasteiger partial charge >= 0.3 is 0 Å². The van der Waals surface area contributed by atoms with Crippen molar-refractivity contribution < 1.29 is 9.90 Å². The molecule has 0 fully saturated rings. The van der Waals surface area contributed by atoms with Crippen LogP contribution in [0.2, 0.25) is 0 Å². The monoisotopic (exact) mass is 250 g/mol. The van der Waals surface area contributed by atoms with Gasteiger partial charge in [-0.15, -0.1) is 0 Å². The Bertz CT molecular complexity index is 354. The molecule has 0 heterocycles. The van der Waals surface area contributed by atoms with Gasteiger partial charge in [-0.3, -0.25) is 4.79 Å². The Balaban J connectivity index is 2.45. The molecule has 0 aromatic heterocycles. The van der Waals surface area contributed by atoms with E-state index < -0.39 is 0 Å². The number of nitrogens with two attached hydrogens (primary N) is 1. The number of aliphatic hydroxyl groups excluding tert-OH is 1. The molecule has 2 atom stereocenters. The van der Waals surface area contributed by atoms with Gasteiger partial charge in [0.1, 0.15) is 0 Å². The van der Waals surface area contributed by atoms with Crippen molar-refractivity contribution in [3.8, 4) is 0 Å². The van der Waals surface area contributed by atoms with Crippen LogP contribution in [-0.4, -0.2) is 29.7 Å². The summed E-state index contributed by atoms with van der Waals surface area (Å²) in [5, 5.41) is 12.1. The first kappa shape index (κ1) is 14.7. The molecule has 4 N–H and O–H groups in total. The van der Waals surface area contributed by atoms with Gasteiger partial charge in [-0.2, -0.15) is 0 Å². The van der Waals surface area contributed by atoms with Crippen LogP contribution in [-0.2, 0) is 11.2 Å². The molecule has 0 aliphatic rings. The van der Waals surface area contributed by atoms with Crippen molar-refractivity contribution in [1.29, 1.82) is 0 Å². The van der Waals surface area contributed by atoms with E-state index in [9.17, 15) is 9.90 Å². The Labute approximate surface area is 108 Å². The van der Waals surface area contributed by atoms with Crippen LogP contribution in [0.1, 0.15) is 25.3 Å². The van der Waals surface area contributed by atoms with Gasteiger partial charge in [0.05, 0.1) is 12.6 Å². The Morgan fingerprint density at radius 2 is 2.06 bits per heavy atom. The Morgan fingerprint density at radius 1 is 1.39 bits per heavy atom. The number of nitrogens with one attached hydrogen (secondary N) is 1. The summed E-state index contributed by atoms with van der Waals surface area (Å²) in [5.41, 5.74) is 6.81. The minimum atomic E-state index is -0.246. The molecule has 1 amide bonds. The molecule has 18 heavy (non-hydrogen) atoms. The molecule has 1 aromatic carbocycles. The highest BCUT2D eigenvalue weighted by Crippen LogP contribution is 2.03. The summed E-state index contributed by atoms with van der Waals surface area (Å²) in [6, 6.07) is 9.43. The molecule has 0 aliphatic carbocycles. The summed E-state index contributed by atoms with van der Waals surface area (Å²) in [5.74, 6) is -0.0978. The van der Waals surface area contributed by atoms with Gasteiger partial charge in [-0.05, 0) is 18.4 Å². The Morgan fingerprint density at radius 3 is 2.61 bits per heavy atom. The van der Waals surface area contributed by atoms with Gasteiger partial charge in [0.25, 0.3) is 0 Å². The number of aliphatic hydroxyl groups is 1. The lowest BCUT2D eigenvalue weighted by Crippen LogP contribution is -2.41. The van der Waals surface area contributed by atoms with Crippen molar-refractivity contribution in [1.82, 2.24) is 5.32 Å². The van der Waals surface area contributed by atoms with E-state index in [-0.39, 0.29) is 24.6 Å². The van der Waals surface area contributed by atoms with Crippen LogP contribution >= 0.6 is 0 Å². The SMILES string of the molecule is CCC(N)CC(=O)N[C@H](CO)Cc1ccccc1. The van der Waals surface area contributed by atoms with Gasteiger partial charge in [0.2, 0.25) is 5.91 Å². The van der Waals surface area contributed by atoms with Crippen LogP contribution < -0.4 is 11.1 Å². The standard InChI is InChI=1S/C14H22N2O2/c1-2-12(15)9-14(18)16-13(10-17)8-11-6-4-3-5-7-11/h3-7,12-13,17H,2,8-10,15H2,1H3,(H,16,18)/t12?,13-/m0/s1. The lowest BCUT2D eigenvalue weighted by Gasteiger charge is -2.17. The highest BCUT2D eigenvalue weighted by atomic mass is 16.3. The quantitative estimate of drug-likeness (QED) is 0.671. The second-order valence-corrected chi connectivity index (χ2v) is 4.51. The number of hydrogen-bond donors (Lipinski definition) is 3. The van der Waals surface area contributed by atoms with Crippen LogP contribution in [0.15, 0.2) is 30.3 Å². The van der Waals surface area contributed by atoms with Gasteiger partial charge in [0, 0.05) is 12.5 Å². The summed E-state index contributed by atoms with van der Waals surface area (Å²) in [4.78, 5) is 11.7. The smallest absolute Gasteiger partial charge is 0.221 e. The summed E-state index contributed by atoms with van der Waals surface area (Å²) in [6.07, 6.45) is 1.71. The third-order valence-electron chi connectivity index (χ3n) is 2.88. The molecule has 0 saturated carbocycles. The van der Waals surface area contributed by atoms with E-state index in [0.29, 0.717) is 12.8 Å². The lowest BCUT2D eigenvalue weighted by atomic mass is 10.1. The fourth-order valence-corrected chi connectivity index (χ4v) is 1.73. The highest BCUT2D eigenvalue weighted by molar-refractivity contribution is 5.76. The molecular weight excluding hydrogens is 228 g/mol. The molecule has 4 heteroatoms. The van der Waals surface area contributed by atoms with E-state index in [1.54, 1.807) is 0 Å². The van der Waals surface area contributed by atoms with Gasteiger partial charge in [-0.25, -0.2) is 0 Å². The van der Waals surface area contributed by atoms with Crippen molar-refractivity contribution in [2.75, 3.05) is 6.61 Å². The van der Waals surface area contributed by atoms with E-state index in [1.807, 2.05) is 37.3 Å². The maximum atomic E-state index is 11.7. The van der Waals surface area contributed by atoms with E-state index in [2.05, 4.69) is 5.32 Å². The number of carbonyl (C=O) groups is 1. The molecule has 1 rings (SSSR count). The van der Waals surface area contributed by atoms with E-state index in [0.717, 1.165) is 12.0 Å². The maximum absolute atomic E-state index is 11.7. The van der Waals surface area contributed by atoms with Crippen molar-refractivity contribution in [2.24, 2.45) is 5.73 Å². The predicted molar refractivity (Wildman–Crippen MR) is 72.0 cm³/mol. The number of benzene rings is 1. The number of amides is 1. The largest absolute Gasteiger partial charge is 0.394 e. The summed E-state index contributed by atoms with van der Waals surface area (Å²) >= 11 is 0. The third-order valence-corrected chi connectivity index (χ3v) is 2.88. The molecule has 0 radical (unpaired) electrons. The van der Waals surface area contributed by atoms with Gasteiger partial charge in [-0.1, -0.05) is 37.3 Å². The van der Waals surface area contributed by atoms with Gasteiger partial charge < -0.3 is 16.2 Å². The minimum Gasteiger partial charge on any atom is -0.394 e. The summed E-state index contributed by atoms with van der Waals surface area (Å²) < 4.78 is 0. The molecule has 0 bridgehead atoms. The normalized spacial score (nSPS) is 13.9. The maximum Gasteiger partial charge on any atom is 0.221 e. The zero-order chi connectivity index (χ0) is 13.4. The first-order valence-corrected chi connectivity index (χ1v) is 6.35. The van der Waals surface area contributed by atoms with Crippen molar-refractivity contribution >= 4 is 5.91 Å². The Hall–Kier alpha value is -1.39. The van der Waals surface area contributed by atoms with Gasteiger partial charge in [0.15, 0.2) is 0 Å². The van der Waals surface area contributed by atoms with E-state index in [1.165, 1.54) is 0 Å². The fraction of sp³-hybridized carbons (Fsp3) is 0.500. The van der Waals surface area contributed by atoms with Crippen LogP contribution in [0, 0.1) is 0 Å². The zero-order valence-corrected chi connectivity index (χ0v) is 10.8. The van der Waals surface area contributed by atoms with E-state index in [4.69, 9.17) is 5.73 Å². The molecule has 0 saturated heterocycles. The lowest BCUT2D eigenvalue weighted by molar-refractivity contribution is -0.122. The second kappa shape index (κ2) is 7.84. The molecule has 0 aliphatic heterocycles. The molecule has 1 unspecified atom stereocenters. The third kappa shape index (κ3) is 5.29. The summed E-state index contributed by atoms with van der Waals surface area (Å²) in [6.45, 7) is 1.88. The van der Waals surface area contributed by atoms with Crippen LogP contribution in [0.3, 0.4) is 0 Å². The molecule has 1 aromatic rings. The van der Waals surface area contributed by atoms with Crippen LogP contribution in [0.4, 0.5) is 0 Å². The topological polar surface area (TPSA) is 75.4 Å². The average molecular weight is 250 g/mol. The molecule has 100 valence electrons. The van der Waals surface area contributed by atoms with E-state index >= 15 is 0 Å². The zero-order valence-electron chi connectivity index (χ0n) is 10.8. The Kier molecular flexibility index (Phi) is 6.39. The molecule has 4 nitrogen and oxygen atoms in total. The highest BCUT2D eigenvalue weighted by Gasteiger charge is 2.13. The molecule has 0 spiro atoms. The summed E-state index contributed by atoms with van der Waals surface area (Å²) in [7, 11) is 0. The van der Waals surface area contributed by atoms with Crippen LogP contribution in [0.25, 0.3) is 0 Å². The number of rotatable bonds is 7. The minimum absolute atomic E-state index is 0.0675. The first-order valence-electron chi connectivity index (χ1n) is 6.35. The van der Waals surface area contributed by atoms with Crippen molar-refractivity contribution in [3.05, 3.63) is 35.9 Å². The first-order chi connectivity index (χ1) is 8.65. The number of hydrogen-bond acceptors (Lipinski definition) is 3. The van der Waals surface area contributed by atoms with Crippen molar-refractivity contribution in [2.45, 2.75) is 38.3 Å².